The Labute approximate surface area is 165 Å². The van der Waals surface area contributed by atoms with E-state index in [1.165, 1.54) is 4.88 Å². The number of nitrogens with one attached hydrogen (secondary N) is 1. The summed E-state index contributed by atoms with van der Waals surface area (Å²) in [5, 5.41) is 5.44. The number of hydrogen-bond donors (Lipinski definition) is 1. The quantitative estimate of drug-likeness (QED) is 0.756. The number of carbonyl (C=O) groups excluding carboxylic acids is 1. The highest BCUT2D eigenvalue weighted by Crippen LogP contribution is 2.19. The van der Waals surface area contributed by atoms with Crippen LogP contribution in [0.25, 0.3) is 0 Å². The maximum Gasteiger partial charge on any atom is 0.237 e. The summed E-state index contributed by atoms with van der Waals surface area (Å²) in [4.78, 5) is 18.7. The Hall–Kier alpha value is -1.89. The lowest BCUT2D eigenvalue weighted by Gasteiger charge is -2.33. The van der Waals surface area contributed by atoms with Crippen molar-refractivity contribution in [1.82, 2.24) is 15.1 Å². The number of hydrogen-bond acceptors (Lipinski definition) is 5. The van der Waals surface area contributed by atoms with Crippen molar-refractivity contribution in [3.8, 4) is 5.75 Å². The maximum absolute atomic E-state index is 13.2. The van der Waals surface area contributed by atoms with Gasteiger partial charge < -0.3 is 15.0 Å². The fraction of sp³-hybridized carbons (Fsp3) is 0.476. The van der Waals surface area contributed by atoms with Crippen molar-refractivity contribution in [2.45, 2.75) is 25.9 Å². The number of methoxy groups -OCH3 is 1. The second-order valence-electron chi connectivity index (χ2n) is 7.03. The lowest BCUT2D eigenvalue weighted by Crippen LogP contribution is -2.50. The van der Waals surface area contributed by atoms with E-state index in [-0.39, 0.29) is 11.9 Å². The Balaban J connectivity index is 1.70. The molecule has 1 N–H and O–H groups in total. The minimum atomic E-state index is 0.154. The molecule has 1 amide bonds. The Bertz CT molecular complexity index is 697. The topological polar surface area (TPSA) is 44.8 Å². The summed E-state index contributed by atoms with van der Waals surface area (Å²) in [6, 6.07) is 12.4. The molecule has 1 aliphatic rings. The zero-order valence-corrected chi connectivity index (χ0v) is 17.0. The third kappa shape index (κ3) is 5.79. The first-order valence-corrected chi connectivity index (χ1v) is 10.4. The minimum Gasteiger partial charge on any atom is -0.497 e. The van der Waals surface area contributed by atoms with E-state index < -0.39 is 0 Å². The highest BCUT2D eigenvalue weighted by Gasteiger charge is 2.24. The summed E-state index contributed by atoms with van der Waals surface area (Å²) in [5.74, 6) is 1.04. The highest BCUT2D eigenvalue weighted by atomic mass is 32.1. The van der Waals surface area contributed by atoms with Gasteiger partial charge in [-0.1, -0.05) is 18.2 Å². The molecule has 5 nitrogen and oxygen atoms in total. The zero-order valence-electron chi connectivity index (χ0n) is 16.2. The van der Waals surface area contributed by atoms with Gasteiger partial charge in [0.1, 0.15) is 5.75 Å². The fourth-order valence-corrected chi connectivity index (χ4v) is 4.23. The van der Waals surface area contributed by atoms with Gasteiger partial charge in [0.25, 0.3) is 0 Å². The Kier molecular flexibility index (Phi) is 7.26. The predicted octanol–water partition coefficient (Wildman–Crippen LogP) is 2.62. The summed E-state index contributed by atoms with van der Waals surface area (Å²) in [6.07, 6.45) is 0.890. The van der Waals surface area contributed by atoms with E-state index >= 15 is 0 Å². The third-order valence-electron chi connectivity index (χ3n) is 5.01. The van der Waals surface area contributed by atoms with Gasteiger partial charge in [0.2, 0.25) is 5.91 Å². The maximum atomic E-state index is 13.2. The minimum absolute atomic E-state index is 0.154. The van der Waals surface area contributed by atoms with Crippen LogP contribution in [0.2, 0.25) is 0 Å². The number of ether oxygens (including phenoxy) is 1. The molecule has 0 saturated carbocycles. The number of benzene rings is 1. The molecule has 1 atom stereocenters. The molecular formula is C21H29N3O2S. The van der Waals surface area contributed by atoms with Crippen LogP contribution in [0.4, 0.5) is 0 Å². The van der Waals surface area contributed by atoms with E-state index in [0.717, 1.165) is 43.9 Å². The largest absolute Gasteiger partial charge is 0.497 e. The van der Waals surface area contributed by atoms with Gasteiger partial charge in [-0.2, -0.15) is 0 Å². The van der Waals surface area contributed by atoms with Crippen molar-refractivity contribution in [3.63, 3.8) is 0 Å². The predicted molar refractivity (Wildman–Crippen MR) is 110 cm³/mol. The molecule has 2 heterocycles. The van der Waals surface area contributed by atoms with E-state index in [0.29, 0.717) is 13.1 Å². The van der Waals surface area contributed by atoms with Crippen LogP contribution in [0.15, 0.2) is 41.8 Å². The number of nitrogens with zero attached hydrogens (tertiary/aromatic N) is 2. The molecule has 0 radical (unpaired) electrons. The van der Waals surface area contributed by atoms with Crippen LogP contribution in [-0.2, 0) is 17.8 Å². The van der Waals surface area contributed by atoms with Crippen LogP contribution < -0.4 is 10.1 Å². The summed E-state index contributed by atoms with van der Waals surface area (Å²) in [5.41, 5.74) is 1.13. The highest BCUT2D eigenvalue weighted by molar-refractivity contribution is 7.09. The molecule has 1 aliphatic heterocycles. The monoisotopic (exact) mass is 387 g/mol. The Morgan fingerprint density at radius 1 is 1.26 bits per heavy atom. The van der Waals surface area contributed by atoms with E-state index in [2.05, 4.69) is 34.7 Å². The van der Waals surface area contributed by atoms with Crippen LogP contribution in [0, 0.1) is 0 Å². The number of rotatable bonds is 8. The SMILES string of the molecule is COc1ccc(CN(C(=O)CN2CCNCC2)C(C)Cc2cccs2)cc1. The van der Waals surface area contributed by atoms with Gasteiger partial charge in [-0.05, 0) is 36.1 Å². The van der Waals surface area contributed by atoms with E-state index in [9.17, 15) is 4.79 Å². The van der Waals surface area contributed by atoms with E-state index in [1.54, 1.807) is 18.4 Å². The molecule has 1 fully saturated rings. The average Bonchev–Trinajstić information content (AvgIpc) is 3.20. The second kappa shape index (κ2) is 9.88. The molecule has 1 aromatic heterocycles. The number of piperazine rings is 1. The van der Waals surface area contributed by atoms with E-state index in [4.69, 9.17) is 4.74 Å². The molecule has 0 bridgehead atoms. The van der Waals surface area contributed by atoms with Gasteiger partial charge in [0.05, 0.1) is 13.7 Å². The molecule has 146 valence electrons. The standard InChI is InChI=1S/C21H29N3O2S/c1-17(14-20-4-3-13-27-20)24(15-18-5-7-19(26-2)8-6-18)21(25)16-23-11-9-22-10-12-23/h3-8,13,17,22H,9-12,14-16H2,1-2H3. The second-order valence-corrected chi connectivity index (χ2v) is 8.06. The van der Waals surface area contributed by atoms with Crippen LogP contribution in [0.3, 0.4) is 0 Å². The lowest BCUT2D eigenvalue weighted by molar-refractivity contribution is -0.135. The molecule has 3 rings (SSSR count). The molecule has 6 heteroatoms. The first-order valence-electron chi connectivity index (χ1n) is 9.53. The molecule has 1 saturated heterocycles. The molecule has 1 aromatic carbocycles. The Morgan fingerprint density at radius 2 is 2.00 bits per heavy atom. The summed E-state index contributed by atoms with van der Waals surface area (Å²) in [7, 11) is 1.67. The summed E-state index contributed by atoms with van der Waals surface area (Å²) < 4.78 is 5.25. The van der Waals surface area contributed by atoms with Crippen LogP contribution in [0.1, 0.15) is 17.4 Å². The van der Waals surface area contributed by atoms with Gasteiger partial charge in [-0.15, -0.1) is 11.3 Å². The van der Waals surface area contributed by atoms with Crippen molar-refractivity contribution in [2.75, 3.05) is 39.8 Å². The molecule has 27 heavy (non-hydrogen) atoms. The number of amides is 1. The first kappa shape index (κ1) is 19.9. The molecule has 1 unspecified atom stereocenters. The zero-order chi connectivity index (χ0) is 19.1. The van der Waals surface area contributed by atoms with Crippen molar-refractivity contribution < 1.29 is 9.53 Å². The van der Waals surface area contributed by atoms with Gasteiger partial charge in [0.15, 0.2) is 0 Å². The fourth-order valence-electron chi connectivity index (χ4n) is 3.40. The smallest absolute Gasteiger partial charge is 0.237 e. The number of thiophene rings is 1. The van der Waals surface area contributed by atoms with Gasteiger partial charge in [-0.3, -0.25) is 9.69 Å². The van der Waals surface area contributed by atoms with Crippen molar-refractivity contribution >= 4 is 17.2 Å². The van der Waals surface area contributed by atoms with Crippen LogP contribution in [0.5, 0.6) is 5.75 Å². The molecule has 0 spiro atoms. The van der Waals surface area contributed by atoms with Crippen LogP contribution >= 0.6 is 11.3 Å². The van der Waals surface area contributed by atoms with Crippen molar-refractivity contribution in [1.29, 1.82) is 0 Å². The van der Waals surface area contributed by atoms with Gasteiger partial charge >= 0.3 is 0 Å². The molecule has 0 aliphatic carbocycles. The van der Waals surface area contributed by atoms with Crippen molar-refractivity contribution in [3.05, 3.63) is 52.2 Å². The van der Waals surface area contributed by atoms with Crippen LogP contribution in [-0.4, -0.2) is 61.6 Å². The Morgan fingerprint density at radius 3 is 2.63 bits per heavy atom. The summed E-state index contributed by atoms with van der Waals surface area (Å²) >= 11 is 1.75. The normalized spacial score (nSPS) is 16.1. The third-order valence-corrected chi connectivity index (χ3v) is 5.91. The van der Waals surface area contributed by atoms with Gasteiger partial charge in [-0.25, -0.2) is 0 Å². The lowest BCUT2D eigenvalue weighted by atomic mass is 10.1. The van der Waals surface area contributed by atoms with Crippen molar-refractivity contribution in [2.24, 2.45) is 0 Å². The molecule has 2 aromatic rings. The van der Waals surface area contributed by atoms with E-state index in [1.807, 2.05) is 29.2 Å². The summed E-state index contributed by atoms with van der Waals surface area (Å²) in [6.45, 7) is 7.04. The average molecular weight is 388 g/mol. The first-order chi connectivity index (χ1) is 13.2. The molecular weight excluding hydrogens is 358 g/mol. The van der Waals surface area contributed by atoms with Gasteiger partial charge in [0, 0.05) is 50.1 Å². The number of carbonyl (C=O) groups is 1.